The average molecular weight is 285 g/mol. The SMILES string of the molecule is Cc1ccc(CCNC(=O)OCc2ccccc2)cc1O. The molecule has 0 atom stereocenters. The Hall–Kier alpha value is -2.49. The van der Waals surface area contributed by atoms with Gasteiger partial charge in [0.15, 0.2) is 0 Å². The van der Waals surface area contributed by atoms with Crippen molar-refractivity contribution in [2.45, 2.75) is 20.0 Å². The quantitative estimate of drug-likeness (QED) is 0.887. The van der Waals surface area contributed by atoms with E-state index >= 15 is 0 Å². The molecule has 1 amide bonds. The molecule has 0 aromatic heterocycles. The molecule has 2 rings (SSSR count). The fourth-order valence-electron chi connectivity index (χ4n) is 1.89. The van der Waals surface area contributed by atoms with Gasteiger partial charge in [-0.15, -0.1) is 0 Å². The zero-order chi connectivity index (χ0) is 15.1. The van der Waals surface area contributed by atoms with Crippen molar-refractivity contribution in [2.75, 3.05) is 6.54 Å². The lowest BCUT2D eigenvalue weighted by molar-refractivity contribution is 0.140. The second-order valence-electron chi connectivity index (χ2n) is 4.86. The number of carbonyl (C=O) groups is 1. The van der Waals surface area contributed by atoms with E-state index in [4.69, 9.17) is 4.74 Å². The van der Waals surface area contributed by atoms with Crippen LogP contribution in [0.15, 0.2) is 48.5 Å². The Bertz CT molecular complexity index is 596. The van der Waals surface area contributed by atoms with Crippen LogP contribution in [-0.4, -0.2) is 17.7 Å². The minimum atomic E-state index is -0.435. The second kappa shape index (κ2) is 7.33. The van der Waals surface area contributed by atoms with Crippen LogP contribution in [0.1, 0.15) is 16.7 Å². The number of phenolic OH excluding ortho intramolecular Hbond substituents is 1. The summed E-state index contributed by atoms with van der Waals surface area (Å²) >= 11 is 0. The molecule has 110 valence electrons. The molecule has 0 saturated carbocycles. The minimum absolute atomic E-state index is 0.262. The lowest BCUT2D eigenvalue weighted by atomic mass is 10.1. The molecule has 2 aromatic carbocycles. The Morgan fingerprint density at radius 2 is 1.90 bits per heavy atom. The summed E-state index contributed by atoms with van der Waals surface area (Å²) in [5.41, 5.74) is 2.77. The molecular formula is C17H19NO3. The van der Waals surface area contributed by atoms with Crippen LogP contribution in [0.3, 0.4) is 0 Å². The molecule has 0 aliphatic carbocycles. The lowest BCUT2D eigenvalue weighted by Crippen LogP contribution is -2.26. The van der Waals surface area contributed by atoms with Crippen LogP contribution in [0.25, 0.3) is 0 Å². The summed E-state index contributed by atoms with van der Waals surface area (Å²) in [6, 6.07) is 15.0. The van der Waals surface area contributed by atoms with Crippen LogP contribution in [0, 0.1) is 6.92 Å². The number of hydrogen-bond donors (Lipinski definition) is 2. The molecular weight excluding hydrogens is 266 g/mol. The number of carbonyl (C=O) groups excluding carboxylic acids is 1. The molecule has 4 nitrogen and oxygen atoms in total. The van der Waals surface area contributed by atoms with E-state index in [9.17, 15) is 9.90 Å². The van der Waals surface area contributed by atoms with Gasteiger partial charge in [-0.2, -0.15) is 0 Å². The number of hydrogen-bond acceptors (Lipinski definition) is 3. The van der Waals surface area contributed by atoms with E-state index in [-0.39, 0.29) is 12.4 Å². The number of rotatable bonds is 5. The lowest BCUT2D eigenvalue weighted by Gasteiger charge is -2.08. The minimum Gasteiger partial charge on any atom is -0.508 e. The monoisotopic (exact) mass is 285 g/mol. The van der Waals surface area contributed by atoms with Crippen LogP contribution < -0.4 is 5.32 Å². The molecule has 0 saturated heterocycles. The maximum atomic E-state index is 11.5. The van der Waals surface area contributed by atoms with Crippen LogP contribution in [0.4, 0.5) is 4.79 Å². The molecule has 0 aliphatic heterocycles. The van der Waals surface area contributed by atoms with E-state index in [0.717, 1.165) is 16.7 Å². The van der Waals surface area contributed by atoms with E-state index < -0.39 is 6.09 Å². The van der Waals surface area contributed by atoms with Gasteiger partial charge in [-0.1, -0.05) is 42.5 Å². The molecule has 0 aliphatic rings. The highest BCUT2D eigenvalue weighted by molar-refractivity contribution is 5.67. The molecule has 21 heavy (non-hydrogen) atoms. The van der Waals surface area contributed by atoms with E-state index in [1.807, 2.05) is 49.4 Å². The molecule has 2 N–H and O–H groups in total. The summed E-state index contributed by atoms with van der Waals surface area (Å²) < 4.78 is 5.11. The Morgan fingerprint density at radius 1 is 1.14 bits per heavy atom. The number of amides is 1. The van der Waals surface area contributed by atoms with Gasteiger partial charge in [-0.3, -0.25) is 0 Å². The van der Waals surface area contributed by atoms with Crippen molar-refractivity contribution in [3.05, 3.63) is 65.2 Å². The van der Waals surface area contributed by atoms with Crippen LogP contribution in [0.2, 0.25) is 0 Å². The molecule has 0 heterocycles. The van der Waals surface area contributed by atoms with E-state index in [1.54, 1.807) is 6.07 Å². The van der Waals surface area contributed by atoms with Gasteiger partial charge in [0.2, 0.25) is 0 Å². The van der Waals surface area contributed by atoms with Crippen molar-refractivity contribution >= 4 is 6.09 Å². The van der Waals surface area contributed by atoms with Gasteiger partial charge in [0.25, 0.3) is 0 Å². The molecule has 0 bridgehead atoms. The van der Waals surface area contributed by atoms with Gasteiger partial charge in [-0.25, -0.2) is 4.79 Å². The molecule has 0 fully saturated rings. The third-order valence-electron chi connectivity index (χ3n) is 3.17. The van der Waals surface area contributed by atoms with Crippen LogP contribution in [0.5, 0.6) is 5.75 Å². The van der Waals surface area contributed by atoms with E-state index in [2.05, 4.69) is 5.32 Å². The number of benzene rings is 2. The van der Waals surface area contributed by atoms with Crippen molar-refractivity contribution in [1.29, 1.82) is 0 Å². The summed E-state index contributed by atoms with van der Waals surface area (Å²) in [6.07, 6.45) is 0.212. The van der Waals surface area contributed by atoms with Crippen molar-refractivity contribution in [3.63, 3.8) is 0 Å². The molecule has 0 spiro atoms. The van der Waals surface area contributed by atoms with Gasteiger partial charge >= 0.3 is 6.09 Å². The van der Waals surface area contributed by atoms with Crippen LogP contribution in [-0.2, 0) is 17.8 Å². The summed E-state index contributed by atoms with van der Waals surface area (Å²) in [4.78, 5) is 11.5. The highest BCUT2D eigenvalue weighted by Gasteiger charge is 2.03. The van der Waals surface area contributed by atoms with Gasteiger partial charge < -0.3 is 15.2 Å². The van der Waals surface area contributed by atoms with Crippen molar-refractivity contribution < 1.29 is 14.6 Å². The molecule has 0 unspecified atom stereocenters. The first-order chi connectivity index (χ1) is 10.1. The first kappa shape index (κ1) is 14.9. The van der Waals surface area contributed by atoms with Crippen LogP contribution >= 0.6 is 0 Å². The maximum absolute atomic E-state index is 11.5. The predicted molar refractivity (Wildman–Crippen MR) is 81.2 cm³/mol. The van der Waals surface area contributed by atoms with Crippen molar-refractivity contribution in [3.8, 4) is 5.75 Å². The summed E-state index contributed by atoms with van der Waals surface area (Å²) in [7, 11) is 0. The van der Waals surface area contributed by atoms with Crippen molar-refractivity contribution in [2.24, 2.45) is 0 Å². The number of phenols is 1. The number of aromatic hydroxyl groups is 1. The predicted octanol–water partition coefficient (Wildman–Crippen LogP) is 3.17. The van der Waals surface area contributed by atoms with Gasteiger partial charge in [-0.05, 0) is 36.1 Å². The fourth-order valence-corrected chi connectivity index (χ4v) is 1.89. The molecule has 0 radical (unpaired) electrons. The zero-order valence-corrected chi connectivity index (χ0v) is 12.0. The van der Waals surface area contributed by atoms with Gasteiger partial charge in [0.05, 0.1) is 0 Å². The first-order valence-electron chi connectivity index (χ1n) is 6.88. The van der Waals surface area contributed by atoms with Crippen molar-refractivity contribution in [1.82, 2.24) is 5.32 Å². The number of alkyl carbamates (subject to hydrolysis) is 1. The zero-order valence-electron chi connectivity index (χ0n) is 12.0. The number of ether oxygens (including phenoxy) is 1. The third kappa shape index (κ3) is 4.84. The standard InChI is InChI=1S/C17H19NO3/c1-13-7-8-14(11-16(13)19)9-10-18-17(20)21-12-15-5-3-2-4-6-15/h2-8,11,19H,9-10,12H2,1H3,(H,18,20). The molecule has 4 heteroatoms. The Labute approximate surface area is 124 Å². The largest absolute Gasteiger partial charge is 0.508 e. The Morgan fingerprint density at radius 3 is 2.62 bits per heavy atom. The molecule has 2 aromatic rings. The topological polar surface area (TPSA) is 58.6 Å². The highest BCUT2D eigenvalue weighted by Crippen LogP contribution is 2.17. The van der Waals surface area contributed by atoms with E-state index in [1.165, 1.54) is 0 Å². The van der Waals surface area contributed by atoms with Gasteiger partial charge in [0.1, 0.15) is 12.4 Å². The highest BCUT2D eigenvalue weighted by atomic mass is 16.5. The van der Waals surface area contributed by atoms with Gasteiger partial charge in [0, 0.05) is 6.54 Å². The second-order valence-corrected chi connectivity index (χ2v) is 4.86. The number of aryl methyl sites for hydroxylation is 1. The van der Waals surface area contributed by atoms with E-state index in [0.29, 0.717) is 13.0 Å². The number of nitrogens with one attached hydrogen (secondary N) is 1. The maximum Gasteiger partial charge on any atom is 0.407 e. The Balaban J connectivity index is 1.70. The Kier molecular flexibility index (Phi) is 5.21. The smallest absolute Gasteiger partial charge is 0.407 e. The normalized spacial score (nSPS) is 10.1. The summed E-state index contributed by atoms with van der Waals surface area (Å²) in [6.45, 7) is 2.58. The third-order valence-corrected chi connectivity index (χ3v) is 3.17. The summed E-state index contributed by atoms with van der Waals surface area (Å²) in [5.74, 6) is 0.277. The summed E-state index contributed by atoms with van der Waals surface area (Å²) in [5, 5.41) is 12.3. The average Bonchev–Trinajstić information content (AvgIpc) is 2.50. The first-order valence-corrected chi connectivity index (χ1v) is 6.88. The fraction of sp³-hybridized carbons (Fsp3) is 0.235.